The Morgan fingerprint density at radius 3 is 2.08 bits per heavy atom. The highest BCUT2D eigenvalue weighted by atomic mass is 32.2. The largest absolute Gasteiger partial charge is 0.467 e. The molecule has 0 spiro atoms. The second kappa shape index (κ2) is 6.67. The Kier molecular flexibility index (Phi) is 5.01. The van der Waals surface area contributed by atoms with Crippen molar-refractivity contribution >= 4 is 20.0 Å². The second-order valence-electron chi connectivity index (χ2n) is 4.64. The van der Waals surface area contributed by atoms with Crippen LogP contribution in [0.3, 0.4) is 0 Å². The van der Waals surface area contributed by atoms with Crippen molar-refractivity contribution in [1.29, 1.82) is 0 Å². The molecule has 0 saturated carbocycles. The summed E-state index contributed by atoms with van der Waals surface area (Å²) in [7, 11) is -6.39. The van der Waals surface area contributed by atoms with Gasteiger partial charge in [-0.25, -0.2) is 8.42 Å². The molecule has 1 heterocycles. The molecule has 10 nitrogen and oxygen atoms in total. The topological polar surface area (TPSA) is 146 Å². The number of rotatable bonds is 6. The van der Waals surface area contributed by atoms with Crippen LogP contribution in [0.4, 0.5) is 0 Å². The smallest absolute Gasteiger partial charge is 0.328 e. The molecule has 24 heavy (non-hydrogen) atoms. The first-order chi connectivity index (χ1) is 11.1. The molecule has 1 N–H and O–H groups in total. The Bertz CT molecular complexity index is 941. The number of methoxy groups -OCH3 is 1. The van der Waals surface area contributed by atoms with E-state index in [2.05, 4.69) is 15.0 Å². The Morgan fingerprint density at radius 2 is 1.58 bits per heavy atom. The lowest BCUT2D eigenvalue weighted by molar-refractivity contribution is 0.356. The molecule has 0 aliphatic carbocycles. The predicted octanol–water partition coefficient (Wildman–Crippen LogP) is 0.464. The molecule has 1 aromatic carbocycles. The lowest BCUT2D eigenvalue weighted by atomic mass is 10.3. The first-order valence-electron chi connectivity index (χ1n) is 6.29. The molecule has 1 aromatic heterocycles. The van der Waals surface area contributed by atoms with Crippen LogP contribution in [-0.2, 0) is 25.7 Å². The van der Waals surface area contributed by atoms with Crippen molar-refractivity contribution in [3.8, 4) is 17.8 Å². The fourth-order valence-corrected chi connectivity index (χ4v) is 2.68. The third-order valence-corrected chi connectivity index (χ3v) is 4.20. The molecule has 2 rings (SSSR count). The van der Waals surface area contributed by atoms with Gasteiger partial charge >= 0.3 is 12.0 Å². The van der Waals surface area contributed by atoms with E-state index < -0.39 is 25.7 Å². The molecule has 0 bridgehead atoms. The van der Waals surface area contributed by atoms with Crippen molar-refractivity contribution < 1.29 is 30.9 Å². The SMILES string of the molecule is COc1nc(CS(C)(=O)=O)nc(Oc2ccc(S(=O)(=O)O)cc2)n1. The Morgan fingerprint density at radius 1 is 1.00 bits per heavy atom. The fourth-order valence-electron chi connectivity index (χ4n) is 1.60. The summed E-state index contributed by atoms with van der Waals surface area (Å²) in [6, 6.07) is 4.44. The van der Waals surface area contributed by atoms with Gasteiger partial charge < -0.3 is 9.47 Å². The molecule has 0 amide bonds. The number of sulfone groups is 1. The molecule has 0 saturated heterocycles. The van der Waals surface area contributed by atoms with Crippen LogP contribution in [0.5, 0.6) is 17.8 Å². The van der Waals surface area contributed by atoms with Gasteiger partial charge in [-0.1, -0.05) is 0 Å². The van der Waals surface area contributed by atoms with E-state index in [9.17, 15) is 16.8 Å². The third-order valence-electron chi connectivity index (χ3n) is 2.55. The van der Waals surface area contributed by atoms with E-state index in [0.717, 1.165) is 18.4 Å². The van der Waals surface area contributed by atoms with Crippen LogP contribution < -0.4 is 9.47 Å². The highest BCUT2D eigenvalue weighted by Crippen LogP contribution is 2.21. The van der Waals surface area contributed by atoms with Gasteiger partial charge in [0, 0.05) is 6.26 Å². The van der Waals surface area contributed by atoms with Crippen LogP contribution in [0.15, 0.2) is 29.2 Å². The van der Waals surface area contributed by atoms with Crippen molar-refractivity contribution in [3.63, 3.8) is 0 Å². The summed E-state index contributed by atoms with van der Waals surface area (Å²) >= 11 is 0. The Balaban J connectivity index is 2.30. The van der Waals surface area contributed by atoms with Crippen LogP contribution in [-0.4, -0.2) is 49.7 Å². The highest BCUT2D eigenvalue weighted by Gasteiger charge is 2.14. The zero-order valence-corrected chi connectivity index (χ0v) is 14.2. The van der Waals surface area contributed by atoms with Gasteiger partial charge in [0.05, 0.1) is 12.0 Å². The van der Waals surface area contributed by atoms with Gasteiger partial charge in [0.15, 0.2) is 15.7 Å². The number of hydrogen-bond acceptors (Lipinski definition) is 9. The maximum absolute atomic E-state index is 11.3. The van der Waals surface area contributed by atoms with Crippen LogP contribution >= 0.6 is 0 Å². The van der Waals surface area contributed by atoms with E-state index in [0.29, 0.717) is 0 Å². The first kappa shape index (κ1) is 18.0. The summed E-state index contributed by atoms with van der Waals surface area (Å²) in [4.78, 5) is 11.2. The van der Waals surface area contributed by atoms with Crippen LogP contribution in [0, 0.1) is 0 Å². The third kappa shape index (κ3) is 5.11. The molecular formula is C12H13N3O7S2. The average Bonchev–Trinajstić information content (AvgIpc) is 2.44. The molecule has 0 aliphatic rings. The minimum Gasteiger partial charge on any atom is -0.467 e. The summed E-state index contributed by atoms with van der Waals surface area (Å²) in [5.74, 6) is -0.320. The second-order valence-corrected chi connectivity index (χ2v) is 8.20. The minimum absolute atomic E-state index is 0.0612. The maximum Gasteiger partial charge on any atom is 0.328 e. The molecule has 2 aromatic rings. The van der Waals surface area contributed by atoms with Gasteiger partial charge in [-0.05, 0) is 24.3 Å². The van der Waals surface area contributed by atoms with Gasteiger partial charge in [0.2, 0.25) is 0 Å². The molecule has 0 aliphatic heterocycles. The number of nitrogens with zero attached hydrogens (tertiary/aromatic N) is 3. The van der Waals surface area contributed by atoms with Crippen molar-refractivity contribution in [2.24, 2.45) is 0 Å². The van der Waals surface area contributed by atoms with Gasteiger partial charge in [0.1, 0.15) is 11.5 Å². The number of hydrogen-bond donors (Lipinski definition) is 1. The van der Waals surface area contributed by atoms with E-state index in [-0.39, 0.29) is 28.5 Å². The minimum atomic E-state index is -4.31. The summed E-state index contributed by atoms with van der Waals surface area (Å²) in [6.07, 6.45) is 1.03. The summed E-state index contributed by atoms with van der Waals surface area (Å²) in [5, 5.41) is 0. The number of benzene rings is 1. The van der Waals surface area contributed by atoms with E-state index >= 15 is 0 Å². The molecule has 0 unspecified atom stereocenters. The number of aromatic nitrogens is 3. The van der Waals surface area contributed by atoms with Gasteiger partial charge in [-0.15, -0.1) is 4.98 Å². The lowest BCUT2D eigenvalue weighted by Crippen LogP contribution is -2.08. The van der Waals surface area contributed by atoms with E-state index in [1.807, 2.05) is 0 Å². The maximum atomic E-state index is 11.3. The van der Waals surface area contributed by atoms with Crippen molar-refractivity contribution in [2.75, 3.05) is 13.4 Å². The van der Waals surface area contributed by atoms with E-state index in [4.69, 9.17) is 14.0 Å². The molecule has 0 fully saturated rings. The van der Waals surface area contributed by atoms with Crippen LogP contribution in [0.2, 0.25) is 0 Å². The summed E-state index contributed by atoms with van der Waals surface area (Å²) < 4.78 is 63.7. The van der Waals surface area contributed by atoms with Crippen LogP contribution in [0.25, 0.3) is 0 Å². The monoisotopic (exact) mass is 375 g/mol. The Hall–Kier alpha value is -2.31. The zero-order valence-electron chi connectivity index (χ0n) is 12.6. The average molecular weight is 375 g/mol. The summed E-state index contributed by atoms with van der Waals surface area (Å²) in [6.45, 7) is 0. The number of ether oxygens (including phenoxy) is 2. The van der Waals surface area contributed by atoms with E-state index in [1.165, 1.54) is 19.2 Å². The quantitative estimate of drug-likeness (QED) is 0.706. The van der Waals surface area contributed by atoms with Crippen molar-refractivity contribution in [3.05, 3.63) is 30.1 Å². The fraction of sp³-hybridized carbons (Fsp3) is 0.250. The van der Waals surface area contributed by atoms with Gasteiger partial charge in [0.25, 0.3) is 10.1 Å². The van der Waals surface area contributed by atoms with Crippen molar-refractivity contribution in [2.45, 2.75) is 10.6 Å². The molecule has 12 heteroatoms. The first-order valence-corrected chi connectivity index (χ1v) is 9.79. The molecule has 0 atom stereocenters. The summed E-state index contributed by atoms with van der Waals surface area (Å²) in [5.41, 5.74) is 0. The molecule has 130 valence electrons. The van der Waals surface area contributed by atoms with Gasteiger partial charge in [-0.2, -0.15) is 18.4 Å². The predicted molar refractivity (Wildman–Crippen MR) is 81.3 cm³/mol. The lowest BCUT2D eigenvalue weighted by Gasteiger charge is -2.07. The van der Waals surface area contributed by atoms with Crippen LogP contribution in [0.1, 0.15) is 5.82 Å². The highest BCUT2D eigenvalue weighted by molar-refractivity contribution is 7.89. The standard InChI is InChI=1S/C12H13N3O7S2/c1-21-11-13-10(7-23(2,16)17)14-12(15-11)22-8-3-5-9(6-4-8)24(18,19)20/h3-6H,7H2,1-2H3,(H,18,19,20). The normalized spacial score (nSPS) is 12.0. The van der Waals surface area contributed by atoms with Gasteiger partial charge in [-0.3, -0.25) is 4.55 Å². The Labute approximate surface area is 138 Å². The molecular weight excluding hydrogens is 362 g/mol. The zero-order chi connectivity index (χ0) is 18.0. The van der Waals surface area contributed by atoms with Crippen molar-refractivity contribution in [1.82, 2.24) is 15.0 Å². The molecule has 0 radical (unpaired) electrons. The van der Waals surface area contributed by atoms with E-state index in [1.54, 1.807) is 0 Å².